The number of ketones is 1. The number of likely N-dealkylation sites (N-methyl/N-ethyl adjacent to an activating group) is 1. The number of ether oxygens (including phenoxy) is 3. The number of aromatic nitrogens is 1. The van der Waals surface area contributed by atoms with E-state index in [2.05, 4.69) is 16.9 Å². The highest BCUT2D eigenvalue weighted by molar-refractivity contribution is 5.97. The number of hydrogen-bond acceptors (Lipinski definition) is 6. The van der Waals surface area contributed by atoms with Crippen molar-refractivity contribution in [3.8, 4) is 17.2 Å². The highest BCUT2D eigenvalue weighted by Crippen LogP contribution is 2.50. The van der Waals surface area contributed by atoms with Crippen molar-refractivity contribution in [2.45, 2.75) is 18.9 Å². The molecule has 3 heterocycles. The molecule has 0 spiro atoms. The number of benzene rings is 2. The van der Waals surface area contributed by atoms with Crippen molar-refractivity contribution in [3.05, 3.63) is 82.7 Å². The van der Waals surface area contributed by atoms with E-state index < -0.39 is 0 Å². The molecule has 5 rings (SSSR count). The molecular formula is C27H26N2O4. The molecule has 2 aliphatic rings. The Morgan fingerprint density at radius 1 is 1.18 bits per heavy atom. The molecule has 3 aromatic rings. The molecule has 33 heavy (non-hydrogen) atoms. The van der Waals surface area contributed by atoms with Crippen LogP contribution in [0.4, 0.5) is 0 Å². The van der Waals surface area contributed by atoms with Gasteiger partial charge in [0.1, 0.15) is 0 Å². The first-order valence-electron chi connectivity index (χ1n) is 11.1. The van der Waals surface area contributed by atoms with Gasteiger partial charge in [-0.25, -0.2) is 0 Å². The molecule has 6 heteroatoms. The van der Waals surface area contributed by atoms with Gasteiger partial charge in [-0.1, -0.05) is 30.3 Å². The fourth-order valence-electron chi connectivity index (χ4n) is 4.55. The zero-order chi connectivity index (χ0) is 22.8. The molecule has 0 bridgehead atoms. The maximum atomic E-state index is 13.4. The Bertz CT molecular complexity index is 1210. The summed E-state index contributed by atoms with van der Waals surface area (Å²) in [5, 5.41) is 0. The van der Waals surface area contributed by atoms with Gasteiger partial charge in [0.25, 0.3) is 0 Å². The minimum Gasteiger partial charge on any atom is -0.492 e. The number of Topliss-reactive ketones (excluding diaryl/α,β-unsaturated/α-hetero) is 1. The standard InChI is InChI=1S/C27H26N2O4/c1-29-13-11-20-15-24-26(33-17-32-24)27(31-2)25(20)22(29)16-23(30)19-7-5-6-18(14-19)9-10-21-8-3-4-12-28-21/h3-10,12,14-15,22H,11,13,16-17H2,1-2H3/b10-9+. The van der Waals surface area contributed by atoms with Crippen LogP contribution in [0.15, 0.2) is 54.7 Å². The summed E-state index contributed by atoms with van der Waals surface area (Å²) < 4.78 is 17.0. The van der Waals surface area contributed by atoms with Crippen LogP contribution in [0, 0.1) is 0 Å². The van der Waals surface area contributed by atoms with Crippen molar-refractivity contribution in [3.63, 3.8) is 0 Å². The van der Waals surface area contributed by atoms with Gasteiger partial charge < -0.3 is 14.2 Å². The molecule has 0 fully saturated rings. The Morgan fingerprint density at radius 2 is 2.09 bits per heavy atom. The van der Waals surface area contributed by atoms with Crippen LogP contribution < -0.4 is 14.2 Å². The predicted molar refractivity (Wildman–Crippen MR) is 127 cm³/mol. The van der Waals surface area contributed by atoms with Crippen LogP contribution in [0.2, 0.25) is 0 Å². The molecule has 0 aliphatic carbocycles. The molecule has 0 amide bonds. The molecule has 1 atom stereocenters. The molecule has 0 saturated carbocycles. The normalized spacial score (nSPS) is 17.2. The Balaban J connectivity index is 1.41. The molecule has 2 aliphatic heterocycles. The van der Waals surface area contributed by atoms with Crippen molar-refractivity contribution in [1.82, 2.24) is 9.88 Å². The fraction of sp³-hybridized carbons (Fsp3) is 0.259. The Labute approximate surface area is 193 Å². The van der Waals surface area contributed by atoms with Crippen LogP contribution >= 0.6 is 0 Å². The maximum absolute atomic E-state index is 13.4. The van der Waals surface area contributed by atoms with Crippen LogP contribution in [0.5, 0.6) is 17.2 Å². The lowest BCUT2D eigenvalue weighted by Crippen LogP contribution is -2.34. The summed E-state index contributed by atoms with van der Waals surface area (Å²) in [7, 11) is 3.69. The number of rotatable bonds is 6. The Hall–Kier alpha value is -3.64. The van der Waals surface area contributed by atoms with E-state index in [9.17, 15) is 4.79 Å². The number of hydrogen-bond donors (Lipinski definition) is 0. The molecule has 168 valence electrons. The lowest BCUT2D eigenvalue weighted by atomic mass is 9.87. The van der Waals surface area contributed by atoms with E-state index in [0.717, 1.165) is 35.3 Å². The smallest absolute Gasteiger partial charge is 0.231 e. The lowest BCUT2D eigenvalue weighted by molar-refractivity contribution is 0.0925. The number of fused-ring (bicyclic) bond motifs is 2. The van der Waals surface area contributed by atoms with Crippen LogP contribution in [-0.2, 0) is 6.42 Å². The zero-order valence-electron chi connectivity index (χ0n) is 18.8. The van der Waals surface area contributed by atoms with E-state index in [1.165, 1.54) is 0 Å². The van der Waals surface area contributed by atoms with Crippen LogP contribution in [0.25, 0.3) is 12.2 Å². The molecule has 0 saturated heterocycles. The van der Waals surface area contributed by atoms with E-state index in [0.29, 0.717) is 29.2 Å². The molecule has 1 aromatic heterocycles. The van der Waals surface area contributed by atoms with Crippen LogP contribution in [0.1, 0.15) is 45.2 Å². The number of pyridine rings is 1. The van der Waals surface area contributed by atoms with E-state index in [1.807, 2.05) is 60.7 Å². The second kappa shape index (κ2) is 9.08. The average Bonchev–Trinajstić information content (AvgIpc) is 3.32. The van der Waals surface area contributed by atoms with Crippen molar-refractivity contribution < 1.29 is 19.0 Å². The number of carbonyl (C=O) groups excluding carboxylic acids is 1. The minimum absolute atomic E-state index is 0.0903. The van der Waals surface area contributed by atoms with Gasteiger partial charge in [-0.15, -0.1) is 0 Å². The first-order chi connectivity index (χ1) is 16.1. The maximum Gasteiger partial charge on any atom is 0.231 e. The summed E-state index contributed by atoms with van der Waals surface area (Å²) in [4.78, 5) is 19.9. The summed E-state index contributed by atoms with van der Waals surface area (Å²) in [6, 6.07) is 15.4. The van der Waals surface area contributed by atoms with Gasteiger partial charge in [0, 0.05) is 36.3 Å². The molecule has 6 nitrogen and oxygen atoms in total. The fourth-order valence-corrected chi connectivity index (χ4v) is 4.55. The van der Waals surface area contributed by atoms with Gasteiger partial charge in [-0.3, -0.25) is 14.7 Å². The predicted octanol–water partition coefficient (Wildman–Crippen LogP) is 4.79. The summed E-state index contributed by atoms with van der Waals surface area (Å²) in [6.07, 6.45) is 6.91. The van der Waals surface area contributed by atoms with E-state index in [4.69, 9.17) is 14.2 Å². The quantitative estimate of drug-likeness (QED) is 0.512. The summed E-state index contributed by atoms with van der Waals surface area (Å²) in [5.41, 5.74) is 4.71. The topological polar surface area (TPSA) is 60.9 Å². The SMILES string of the molecule is COc1c2c(cc3c1C(CC(=O)c1cccc(/C=C/c4ccccn4)c1)N(C)CC3)OCO2. The molecule has 0 N–H and O–H groups in total. The van der Waals surface area contributed by atoms with Crippen molar-refractivity contribution >= 4 is 17.9 Å². The third kappa shape index (κ3) is 4.22. The molecule has 0 radical (unpaired) electrons. The average molecular weight is 443 g/mol. The summed E-state index contributed by atoms with van der Waals surface area (Å²) in [5.74, 6) is 2.11. The highest BCUT2D eigenvalue weighted by atomic mass is 16.7. The monoisotopic (exact) mass is 442 g/mol. The van der Waals surface area contributed by atoms with Crippen molar-refractivity contribution in [2.24, 2.45) is 0 Å². The first-order valence-corrected chi connectivity index (χ1v) is 11.1. The summed E-state index contributed by atoms with van der Waals surface area (Å²) in [6.45, 7) is 1.05. The second-order valence-corrected chi connectivity index (χ2v) is 8.30. The van der Waals surface area contributed by atoms with E-state index in [-0.39, 0.29) is 18.6 Å². The zero-order valence-corrected chi connectivity index (χ0v) is 18.8. The molecule has 1 unspecified atom stereocenters. The minimum atomic E-state index is -0.0987. The highest BCUT2D eigenvalue weighted by Gasteiger charge is 2.35. The second-order valence-electron chi connectivity index (χ2n) is 8.30. The summed E-state index contributed by atoms with van der Waals surface area (Å²) >= 11 is 0. The third-order valence-electron chi connectivity index (χ3n) is 6.27. The van der Waals surface area contributed by atoms with E-state index in [1.54, 1.807) is 13.3 Å². The number of nitrogens with zero attached hydrogens (tertiary/aromatic N) is 2. The first kappa shape index (κ1) is 21.2. The van der Waals surface area contributed by atoms with Gasteiger partial charge in [-0.05, 0) is 54.9 Å². The van der Waals surface area contributed by atoms with Gasteiger partial charge in [0.2, 0.25) is 12.5 Å². The van der Waals surface area contributed by atoms with Crippen molar-refractivity contribution in [2.75, 3.05) is 27.5 Å². The van der Waals surface area contributed by atoms with Crippen LogP contribution in [0.3, 0.4) is 0 Å². The van der Waals surface area contributed by atoms with Gasteiger partial charge in [-0.2, -0.15) is 0 Å². The number of carbonyl (C=O) groups is 1. The van der Waals surface area contributed by atoms with Gasteiger partial charge >= 0.3 is 0 Å². The molecular weight excluding hydrogens is 416 g/mol. The van der Waals surface area contributed by atoms with Crippen LogP contribution in [-0.4, -0.2) is 43.2 Å². The largest absolute Gasteiger partial charge is 0.492 e. The molecule has 2 aromatic carbocycles. The van der Waals surface area contributed by atoms with Gasteiger partial charge in [0.05, 0.1) is 12.8 Å². The van der Waals surface area contributed by atoms with Crippen molar-refractivity contribution in [1.29, 1.82) is 0 Å². The third-order valence-corrected chi connectivity index (χ3v) is 6.27. The lowest BCUT2D eigenvalue weighted by Gasteiger charge is -2.35. The van der Waals surface area contributed by atoms with Gasteiger partial charge in [0.15, 0.2) is 17.3 Å². The Kier molecular flexibility index (Phi) is 5.84. The van der Waals surface area contributed by atoms with E-state index >= 15 is 0 Å². The Morgan fingerprint density at radius 3 is 2.91 bits per heavy atom. The number of methoxy groups -OCH3 is 1.